The van der Waals surface area contributed by atoms with Gasteiger partial charge in [0, 0.05) is 35.7 Å². The van der Waals surface area contributed by atoms with Crippen LogP contribution in [0.2, 0.25) is 0 Å². The Morgan fingerprint density at radius 1 is 1.46 bits per heavy atom. The van der Waals surface area contributed by atoms with Gasteiger partial charge >= 0.3 is 0 Å². The summed E-state index contributed by atoms with van der Waals surface area (Å²) in [5, 5.41) is 1.01. The Morgan fingerprint density at radius 3 is 2.83 bits per heavy atom. The lowest BCUT2D eigenvalue weighted by Crippen LogP contribution is -2.18. The van der Waals surface area contributed by atoms with E-state index in [0.717, 1.165) is 25.9 Å². The van der Waals surface area contributed by atoms with Crippen molar-refractivity contribution in [2.24, 2.45) is 16.6 Å². The molecule has 7 heteroatoms. The number of carbonyl (C=O) groups excluding carboxylic acids is 1. The quantitative estimate of drug-likeness (QED) is 0.505. The number of likely N-dealkylation sites (tertiary alicyclic amines) is 1. The molecule has 0 radical (unpaired) electrons. The molecule has 0 bridgehead atoms. The maximum Gasteiger partial charge on any atom is 0.218 e. The van der Waals surface area contributed by atoms with Crippen LogP contribution in [-0.4, -0.2) is 39.8 Å². The fraction of sp³-hybridized carbons (Fsp3) is 0.471. The van der Waals surface area contributed by atoms with Crippen LogP contribution in [-0.2, 0) is 4.79 Å². The van der Waals surface area contributed by atoms with Gasteiger partial charge in [0.15, 0.2) is 5.17 Å². The highest BCUT2D eigenvalue weighted by Crippen LogP contribution is 2.54. The third-order valence-corrected chi connectivity index (χ3v) is 5.56. The summed E-state index contributed by atoms with van der Waals surface area (Å²) in [4.78, 5) is 19.7. The number of rotatable bonds is 2. The zero-order valence-corrected chi connectivity index (χ0v) is 14.0. The zero-order valence-electron chi connectivity index (χ0n) is 13.2. The monoisotopic (exact) mass is 346 g/mol. The second-order valence-electron chi connectivity index (χ2n) is 6.06. The number of carbonyl (C=O) groups is 1. The van der Waals surface area contributed by atoms with Gasteiger partial charge in [-0.3, -0.25) is 9.79 Å². The first-order valence-corrected chi connectivity index (χ1v) is 8.81. The Labute approximate surface area is 144 Å². The smallest absolute Gasteiger partial charge is 0.218 e. The second-order valence-corrected chi connectivity index (χ2v) is 7.32. The number of aromatic nitrogens is 1. The molecule has 126 valence electrons. The largest absolute Gasteiger partial charge is 0.379 e. The summed E-state index contributed by atoms with van der Waals surface area (Å²) in [6, 6.07) is 1.43. The van der Waals surface area contributed by atoms with Crippen molar-refractivity contribution in [2.75, 3.05) is 13.1 Å². The number of thioether (sulfide) groups is 1. The minimum absolute atomic E-state index is 0.220. The number of amidine groups is 1. The van der Waals surface area contributed by atoms with Crippen LogP contribution in [0.15, 0.2) is 17.3 Å². The topological polar surface area (TPSA) is 71.6 Å². The van der Waals surface area contributed by atoms with Gasteiger partial charge in [-0.15, -0.1) is 6.42 Å². The van der Waals surface area contributed by atoms with Gasteiger partial charge in [0.2, 0.25) is 12.4 Å². The summed E-state index contributed by atoms with van der Waals surface area (Å²) >= 11 is 1.57. The van der Waals surface area contributed by atoms with Gasteiger partial charge in [-0.2, -0.15) is 4.39 Å². The lowest BCUT2D eigenvalue weighted by molar-refractivity contribution is -0.117. The molecule has 1 aliphatic carbocycles. The van der Waals surface area contributed by atoms with E-state index in [1.54, 1.807) is 22.7 Å². The van der Waals surface area contributed by atoms with Crippen LogP contribution >= 0.6 is 11.8 Å². The van der Waals surface area contributed by atoms with Gasteiger partial charge in [0.05, 0.1) is 6.04 Å². The van der Waals surface area contributed by atoms with Crippen molar-refractivity contribution in [2.45, 2.75) is 30.6 Å². The molecule has 3 aliphatic rings. The van der Waals surface area contributed by atoms with Gasteiger partial charge in [0.1, 0.15) is 0 Å². The van der Waals surface area contributed by atoms with Crippen LogP contribution in [0.4, 0.5) is 4.39 Å². The highest BCUT2D eigenvalue weighted by atomic mass is 32.2. The van der Waals surface area contributed by atoms with Gasteiger partial charge in [-0.05, 0) is 31.2 Å². The third-order valence-electron chi connectivity index (χ3n) is 4.36. The Bertz CT molecular complexity index is 696. The van der Waals surface area contributed by atoms with Crippen molar-refractivity contribution < 1.29 is 9.18 Å². The van der Waals surface area contributed by atoms with Gasteiger partial charge in [-0.25, -0.2) is 4.98 Å². The predicted octanol–water partition coefficient (Wildman–Crippen LogP) is 1.93. The van der Waals surface area contributed by atoms with Crippen LogP contribution in [0.25, 0.3) is 0 Å². The minimum atomic E-state index is -0.497. The van der Waals surface area contributed by atoms with Crippen LogP contribution < -0.4 is 5.73 Å². The first kappa shape index (κ1) is 16.8. The summed E-state index contributed by atoms with van der Waals surface area (Å²) in [6.07, 6.45) is 11.0. The van der Waals surface area contributed by atoms with Gasteiger partial charge in [-0.1, -0.05) is 17.7 Å². The zero-order chi connectivity index (χ0) is 17.1. The van der Waals surface area contributed by atoms with Crippen LogP contribution in [0.3, 0.4) is 0 Å². The lowest BCUT2D eigenvalue weighted by atomic mass is 10.0. The highest BCUT2D eigenvalue weighted by Gasteiger charge is 2.48. The number of pyridine rings is 1. The number of terminal acetylenes is 1. The first-order valence-electron chi connectivity index (χ1n) is 7.93. The van der Waals surface area contributed by atoms with E-state index in [1.165, 1.54) is 19.0 Å². The van der Waals surface area contributed by atoms with Crippen LogP contribution in [0.5, 0.6) is 0 Å². The van der Waals surface area contributed by atoms with Crippen molar-refractivity contribution in [1.82, 2.24) is 9.88 Å². The van der Waals surface area contributed by atoms with E-state index < -0.39 is 5.95 Å². The van der Waals surface area contributed by atoms with E-state index in [0.29, 0.717) is 27.5 Å². The molecule has 4 rings (SSSR count). The van der Waals surface area contributed by atoms with Gasteiger partial charge < -0.3 is 10.6 Å². The van der Waals surface area contributed by atoms with Crippen LogP contribution in [0, 0.1) is 24.2 Å². The third kappa shape index (κ3) is 3.70. The number of hydrogen-bond donors (Lipinski definition) is 1. The summed E-state index contributed by atoms with van der Waals surface area (Å²) in [5.41, 5.74) is 6.77. The molecule has 1 aromatic rings. The minimum Gasteiger partial charge on any atom is -0.379 e. The lowest BCUT2D eigenvalue weighted by Gasteiger charge is -2.18. The molecule has 1 saturated carbocycles. The molecule has 3 heterocycles. The Balaban J connectivity index is 0.000000203. The molecule has 3 unspecified atom stereocenters. The molecule has 1 aromatic heterocycles. The van der Waals surface area contributed by atoms with E-state index in [9.17, 15) is 9.18 Å². The maximum absolute atomic E-state index is 13.7. The van der Waals surface area contributed by atoms with E-state index in [-0.39, 0.29) is 6.04 Å². The number of hydrogen-bond acceptors (Lipinski definition) is 5. The van der Waals surface area contributed by atoms with E-state index in [2.05, 4.69) is 15.9 Å². The molecule has 0 spiro atoms. The molecular weight excluding hydrogens is 327 g/mol. The fourth-order valence-electron chi connectivity index (χ4n) is 2.97. The van der Waals surface area contributed by atoms with Crippen molar-refractivity contribution in [3.05, 3.63) is 29.3 Å². The number of aliphatic imine (C=N–C) groups is 1. The molecular formula is C17H19FN4OS. The van der Waals surface area contributed by atoms with Gasteiger partial charge in [0.25, 0.3) is 0 Å². The van der Waals surface area contributed by atoms with Crippen molar-refractivity contribution >= 4 is 23.3 Å². The number of nitrogens with two attached hydrogens (primary N) is 1. The predicted molar refractivity (Wildman–Crippen MR) is 92.9 cm³/mol. The number of amides is 1. The molecule has 2 fully saturated rings. The molecule has 2 aliphatic heterocycles. The molecule has 3 atom stereocenters. The number of nitrogens with zero attached hydrogens (tertiary/aromatic N) is 3. The summed E-state index contributed by atoms with van der Waals surface area (Å²) < 4.78 is 13.7. The van der Waals surface area contributed by atoms with E-state index in [4.69, 9.17) is 12.2 Å². The average Bonchev–Trinajstić information content (AvgIpc) is 3.16. The van der Waals surface area contributed by atoms with Crippen molar-refractivity contribution in [3.8, 4) is 12.3 Å². The summed E-state index contributed by atoms with van der Waals surface area (Å²) in [7, 11) is 0. The average molecular weight is 346 g/mol. The first-order chi connectivity index (χ1) is 11.6. The molecule has 5 nitrogen and oxygen atoms in total. The summed E-state index contributed by atoms with van der Waals surface area (Å²) in [6.45, 7) is 1.95. The number of halogens is 1. The van der Waals surface area contributed by atoms with E-state index in [1.807, 2.05) is 0 Å². The molecule has 1 amide bonds. The molecule has 1 saturated heterocycles. The maximum atomic E-state index is 13.7. The number of fused-ring (bicyclic) bond motifs is 1. The Morgan fingerprint density at radius 2 is 2.21 bits per heavy atom. The SMILES string of the molecule is C#Cc1cnc(F)c(C2N=C(N)SC3CC32)c1.O=CN1CCCC1. The highest BCUT2D eigenvalue weighted by molar-refractivity contribution is 8.14. The molecule has 2 N–H and O–H groups in total. The molecule has 24 heavy (non-hydrogen) atoms. The standard InChI is InChI=1S/C12H10FN3S.C5H9NO/c1-2-6-3-8(11(13)15-5-6)10-7-4-9(7)17-12(14)16-10;7-5-6-3-1-2-4-6/h1,3,5,7,9-10H,4H2,(H2,14,16);5H,1-4H2. The Kier molecular flexibility index (Phi) is 5.05. The Hall–Kier alpha value is -2.07. The van der Waals surface area contributed by atoms with Crippen molar-refractivity contribution in [3.63, 3.8) is 0 Å². The van der Waals surface area contributed by atoms with E-state index >= 15 is 0 Å². The second kappa shape index (κ2) is 7.22. The van der Waals surface area contributed by atoms with Crippen LogP contribution in [0.1, 0.15) is 36.4 Å². The fourth-order valence-corrected chi connectivity index (χ4v) is 4.10. The van der Waals surface area contributed by atoms with Crippen molar-refractivity contribution in [1.29, 1.82) is 0 Å². The summed E-state index contributed by atoms with van der Waals surface area (Å²) in [5.74, 6) is 2.33. The molecule has 0 aromatic carbocycles. The normalized spacial score (nSPS) is 27.2.